The standard InChI is InChI=1S/C42H80B2O6/c1-3-5-7-9-11-13-15-17-19-21-23-25-27-29-31-33-35-49-41-37-40(44(47)48)42(38-39(41)43(45)46)50-36-34-32-30-28-26-24-22-20-18-16-14-12-10-8-6-4-2/h37-38,45-48H,3-36H2,1-2H3. The third-order valence-electron chi connectivity index (χ3n) is 10.2. The van der Waals surface area contributed by atoms with Gasteiger partial charge in [-0.25, -0.2) is 0 Å². The summed E-state index contributed by atoms with van der Waals surface area (Å²) in [6.45, 7) is 5.43. The zero-order valence-electron chi connectivity index (χ0n) is 33.0. The van der Waals surface area contributed by atoms with Gasteiger partial charge in [-0.15, -0.1) is 0 Å². The maximum atomic E-state index is 10.0. The van der Waals surface area contributed by atoms with Crippen molar-refractivity contribution in [3.63, 3.8) is 0 Å². The number of benzene rings is 1. The zero-order valence-corrected chi connectivity index (χ0v) is 33.0. The summed E-state index contributed by atoms with van der Waals surface area (Å²) in [5.74, 6) is 0.526. The van der Waals surface area contributed by atoms with Crippen LogP contribution in [0.1, 0.15) is 219 Å². The van der Waals surface area contributed by atoms with Crippen molar-refractivity contribution in [1.29, 1.82) is 0 Å². The Morgan fingerprint density at radius 1 is 0.340 bits per heavy atom. The normalized spacial score (nSPS) is 11.3. The molecule has 50 heavy (non-hydrogen) atoms. The van der Waals surface area contributed by atoms with Gasteiger partial charge in [0.2, 0.25) is 0 Å². The smallest absolute Gasteiger partial charge is 0.492 e. The SMILES string of the molecule is CCCCCCCCCCCCCCCCCCOc1cc(B(O)O)c(OCCCCCCCCCCCCCCCCCC)cc1B(O)O. The summed E-state index contributed by atoms with van der Waals surface area (Å²) in [5, 5.41) is 40.1. The maximum absolute atomic E-state index is 10.0. The Balaban J connectivity index is 2.17. The summed E-state index contributed by atoms with van der Waals surface area (Å²) in [4.78, 5) is 0. The van der Waals surface area contributed by atoms with Crippen LogP contribution in [-0.4, -0.2) is 47.5 Å². The van der Waals surface area contributed by atoms with Crippen molar-refractivity contribution >= 4 is 25.2 Å². The average molecular weight is 703 g/mol. The first-order valence-corrected chi connectivity index (χ1v) is 21.7. The molecule has 0 atom stereocenters. The Bertz CT molecular complexity index is 799. The molecule has 0 heterocycles. The molecule has 0 bridgehead atoms. The summed E-state index contributed by atoms with van der Waals surface area (Å²) < 4.78 is 11.8. The van der Waals surface area contributed by atoms with E-state index < -0.39 is 14.2 Å². The highest BCUT2D eigenvalue weighted by atomic mass is 16.5. The van der Waals surface area contributed by atoms with Gasteiger partial charge >= 0.3 is 14.2 Å². The summed E-state index contributed by atoms with van der Waals surface area (Å²) >= 11 is 0. The lowest BCUT2D eigenvalue weighted by atomic mass is 9.73. The fourth-order valence-electron chi connectivity index (χ4n) is 6.91. The minimum Gasteiger partial charge on any atom is -0.494 e. The quantitative estimate of drug-likeness (QED) is 0.0404. The van der Waals surface area contributed by atoms with Crippen molar-refractivity contribution in [3.8, 4) is 11.5 Å². The van der Waals surface area contributed by atoms with E-state index >= 15 is 0 Å². The van der Waals surface area contributed by atoms with Crippen LogP contribution < -0.4 is 20.4 Å². The van der Waals surface area contributed by atoms with Gasteiger partial charge in [0.15, 0.2) is 0 Å². The van der Waals surface area contributed by atoms with Crippen molar-refractivity contribution in [1.82, 2.24) is 0 Å². The fraction of sp³-hybridized carbons (Fsp3) is 0.857. The third kappa shape index (κ3) is 26.5. The van der Waals surface area contributed by atoms with Crippen molar-refractivity contribution < 1.29 is 29.6 Å². The van der Waals surface area contributed by atoms with Crippen LogP contribution in [0.3, 0.4) is 0 Å². The minimum absolute atomic E-state index is 0.188. The van der Waals surface area contributed by atoms with Crippen molar-refractivity contribution in [3.05, 3.63) is 12.1 Å². The predicted molar refractivity (Wildman–Crippen MR) is 216 cm³/mol. The molecule has 0 aliphatic heterocycles. The van der Waals surface area contributed by atoms with Crippen LogP contribution in [0.5, 0.6) is 11.5 Å². The van der Waals surface area contributed by atoms with Crippen LogP contribution in [0.4, 0.5) is 0 Å². The molecule has 0 saturated carbocycles. The van der Waals surface area contributed by atoms with Crippen LogP contribution in [0, 0.1) is 0 Å². The number of hydrogen-bond acceptors (Lipinski definition) is 6. The third-order valence-corrected chi connectivity index (χ3v) is 10.2. The second kappa shape index (κ2) is 34.9. The Kier molecular flexibility index (Phi) is 32.6. The first-order valence-electron chi connectivity index (χ1n) is 21.7. The largest absolute Gasteiger partial charge is 0.494 e. The molecular formula is C42H80B2O6. The van der Waals surface area contributed by atoms with Gasteiger partial charge < -0.3 is 29.6 Å². The molecule has 0 fully saturated rings. The summed E-state index contributed by atoms with van der Waals surface area (Å²) in [6, 6.07) is 2.96. The van der Waals surface area contributed by atoms with Gasteiger partial charge in [0.25, 0.3) is 0 Å². The van der Waals surface area contributed by atoms with Gasteiger partial charge in [-0.1, -0.05) is 206 Å². The predicted octanol–water partition coefficient (Wildman–Crippen LogP) is 10.3. The molecule has 1 aromatic rings. The highest BCUT2D eigenvalue weighted by Gasteiger charge is 2.25. The molecule has 0 amide bonds. The van der Waals surface area contributed by atoms with E-state index in [1.54, 1.807) is 0 Å². The monoisotopic (exact) mass is 703 g/mol. The van der Waals surface area contributed by atoms with E-state index in [1.807, 2.05) is 0 Å². The van der Waals surface area contributed by atoms with Crippen LogP contribution >= 0.6 is 0 Å². The van der Waals surface area contributed by atoms with E-state index in [-0.39, 0.29) is 22.4 Å². The van der Waals surface area contributed by atoms with E-state index in [4.69, 9.17) is 9.47 Å². The van der Waals surface area contributed by atoms with Crippen LogP contribution in [0.25, 0.3) is 0 Å². The maximum Gasteiger partial charge on any atom is 0.492 e. The molecular weight excluding hydrogens is 622 g/mol. The Morgan fingerprint density at radius 3 is 0.740 bits per heavy atom. The zero-order chi connectivity index (χ0) is 36.3. The molecule has 4 N–H and O–H groups in total. The van der Waals surface area contributed by atoms with Crippen molar-refractivity contribution in [2.75, 3.05) is 13.2 Å². The lowest BCUT2D eigenvalue weighted by Gasteiger charge is -2.17. The molecule has 1 aromatic carbocycles. The number of unbranched alkanes of at least 4 members (excludes halogenated alkanes) is 30. The van der Waals surface area contributed by atoms with Gasteiger partial charge in [0.1, 0.15) is 11.5 Å². The molecule has 0 aliphatic carbocycles. The molecule has 0 aromatic heterocycles. The van der Waals surface area contributed by atoms with Crippen LogP contribution in [0.15, 0.2) is 12.1 Å². The van der Waals surface area contributed by atoms with E-state index in [2.05, 4.69) is 13.8 Å². The highest BCUT2D eigenvalue weighted by Crippen LogP contribution is 2.18. The van der Waals surface area contributed by atoms with E-state index in [0.717, 1.165) is 25.7 Å². The molecule has 0 saturated heterocycles. The van der Waals surface area contributed by atoms with E-state index in [0.29, 0.717) is 13.2 Å². The first kappa shape index (κ1) is 46.8. The van der Waals surface area contributed by atoms with E-state index in [9.17, 15) is 20.1 Å². The topological polar surface area (TPSA) is 99.4 Å². The van der Waals surface area contributed by atoms with Gasteiger partial charge in [-0.2, -0.15) is 0 Å². The first-order chi connectivity index (χ1) is 24.5. The van der Waals surface area contributed by atoms with Gasteiger partial charge in [0.05, 0.1) is 13.2 Å². The second-order valence-corrected chi connectivity index (χ2v) is 15.0. The summed E-state index contributed by atoms with van der Waals surface area (Å²) in [5.41, 5.74) is 0.376. The van der Waals surface area contributed by atoms with Crippen LogP contribution in [-0.2, 0) is 0 Å². The number of rotatable bonds is 38. The Hall–Kier alpha value is -1.21. The second-order valence-electron chi connectivity index (χ2n) is 15.0. The Morgan fingerprint density at radius 2 is 0.540 bits per heavy atom. The molecule has 1 rings (SSSR count). The Labute approximate surface area is 310 Å². The number of ether oxygens (including phenoxy) is 2. The van der Waals surface area contributed by atoms with Gasteiger partial charge in [0, 0.05) is 10.9 Å². The lowest BCUT2D eigenvalue weighted by Crippen LogP contribution is -2.38. The minimum atomic E-state index is -1.74. The van der Waals surface area contributed by atoms with Crippen molar-refractivity contribution in [2.45, 2.75) is 219 Å². The van der Waals surface area contributed by atoms with E-state index in [1.165, 1.54) is 192 Å². The lowest BCUT2D eigenvalue weighted by molar-refractivity contribution is 0.297. The molecule has 0 aliphatic rings. The number of hydrogen-bond donors (Lipinski definition) is 4. The highest BCUT2D eigenvalue weighted by molar-refractivity contribution is 6.62. The average Bonchev–Trinajstić information content (AvgIpc) is 3.10. The van der Waals surface area contributed by atoms with Gasteiger partial charge in [-0.05, 0) is 25.0 Å². The molecule has 290 valence electrons. The van der Waals surface area contributed by atoms with Crippen LogP contribution in [0.2, 0.25) is 0 Å². The summed E-state index contributed by atoms with van der Waals surface area (Å²) in [6.07, 6.45) is 41.6. The van der Waals surface area contributed by atoms with Crippen molar-refractivity contribution in [2.24, 2.45) is 0 Å². The molecule has 0 radical (unpaired) electrons. The van der Waals surface area contributed by atoms with Gasteiger partial charge in [-0.3, -0.25) is 0 Å². The summed E-state index contributed by atoms with van der Waals surface area (Å²) in [7, 11) is -3.47. The fourth-order valence-corrected chi connectivity index (χ4v) is 6.91. The molecule has 6 nitrogen and oxygen atoms in total. The molecule has 8 heteroatoms. The molecule has 0 spiro atoms. The molecule has 0 unspecified atom stereocenters.